The molecule has 1 aliphatic rings. The third-order valence-corrected chi connectivity index (χ3v) is 1.98. The van der Waals surface area contributed by atoms with E-state index in [0.717, 1.165) is 0 Å². The van der Waals surface area contributed by atoms with E-state index in [1.807, 2.05) is 13.8 Å². The number of ether oxygens (including phenoxy) is 2. The second-order valence-corrected chi connectivity index (χ2v) is 3.27. The van der Waals surface area contributed by atoms with Gasteiger partial charge >= 0.3 is 0 Å². The normalized spacial score (nSPS) is 17.8. The number of nitrogens with two attached hydrogens (primary N) is 1. The average Bonchev–Trinajstić information content (AvgIpc) is 2.42. The Bertz CT molecular complexity index is 238. The maximum Gasteiger partial charge on any atom is 0.209 e. The summed E-state index contributed by atoms with van der Waals surface area (Å²) in [5.41, 5.74) is 4.50. The summed E-state index contributed by atoms with van der Waals surface area (Å²) in [6, 6.07) is 0.00806. The molecule has 17 heavy (non-hydrogen) atoms. The van der Waals surface area contributed by atoms with Crippen LogP contribution in [0.2, 0.25) is 0 Å². The SMILES string of the molecule is CC.CN.COC1=NC(C(C)C)C(OC)=NC1. The minimum Gasteiger partial charge on any atom is -0.483 e. The zero-order valence-electron chi connectivity index (χ0n) is 12.2. The van der Waals surface area contributed by atoms with Gasteiger partial charge in [0, 0.05) is 0 Å². The van der Waals surface area contributed by atoms with Crippen molar-refractivity contribution >= 4 is 11.8 Å². The molecule has 0 aromatic heterocycles. The Morgan fingerprint density at radius 3 is 2.06 bits per heavy atom. The second-order valence-electron chi connectivity index (χ2n) is 3.27. The van der Waals surface area contributed by atoms with Gasteiger partial charge in [0.25, 0.3) is 0 Å². The summed E-state index contributed by atoms with van der Waals surface area (Å²) in [5, 5.41) is 0. The fourth-order valence-electron chi connectivity index (χ4n) is 1.23. The quantitative estimate of drug-likeness (QED) is 0.764. The van der Waals surface area contributed by atoms with Gasteiger partial charge in [0.1, 0.15) is 12.6 Å². The topological polar surface area (TPSA) is 69.2 Å². The Morgan fingerprint density at radius 2 is 1.71 bits per heavy atom. The van der Waals surface area contributed by atoms with Crippen LogP contribution in [0.3, 0.4) is 0 Å². The first-order valence-electron chi connectivity index (χ1n) is 5.95. The minimum atomic E-state index is 0.00806. The molecule has 5 nitrogen and oxygen atoms in total. The molecular formula is C12H27N3O2. The molecule has 0 fully saturated rings. The van der Waals surface area contributed by atoms with Gasteiger partial charge in [-0.2, -0.15) is 0 Å². The lowest BCUT2D eigenvalue weighted by molar-refractivity contribution is 0.344. The van der Waals surface area contributed by atoms with Gasteiger partial charge in [0.05, 0.1) is 14.2 Å². The molecule has 0 bridgehead atoms. The number of rotatable bonds is 1. The Balaban J connectivity index is 0. The molecule has 1 atom stereocenters. The molecule has 0 aliphatic carbocycles. The van der Waals surface area contributed by atoms with Crippen molar-refractivity contribution in [1.82, 2.24) is 0 Å². The Kier molecular flexibility index (Phi) is 12.2. The molecule has 0 spiro atoms. The van der Waals surface area contributed by atoms with Crippen LogP contribution in [0, 0.1) is 5.92 Å². The van der Waals surface area contributed by atoms with E-state index in [9.17, 15) is 0 Å². The van der Waals surface area contributed by atoms with Crippen LogP contribution >= 0.6 is 0 Å². The standard InChI is InChI=1S/C9H16N2O2.C2H6.CH5N/c1-6(2)8-9(13-4)10-5-7(11-8)12-3;2*1-2/h6,8H,5H2,1-4H3;1-2H3;2H2,1H3. The van der Waals surface area contributed by atoms with Crippen molar-refractivity contribution in [2.24, 2.45) is 21.6 Å². The highest BCUT2D eigenvalue weighted by molar-refractivity contribution is 5.91. The van der Waals surface area contributed by atoms with E-state index in [0.29, 0.717) is 24.3 Å². The first-order chi connectivity index (χ1) is 8.19. The molecule has 1 heterocycles. The van der Waals surface area contributed by atoms with E-state index in [4.69, 9.17) is 9.47 Å². The number of hydrogen-bond acceptors (Lipinski definition) is 5. The summed E-state index contributed by atoms with van der Waals surface area (Å²) >= 11 is 0. The van der Waals surface area contributed by atoms with Crippen LogP contribution in [0.25, 0.3) is 0 Å². The van der Waals surface area contributed by atoms with Crippen molar-refractivity contribution in [3.05, 3.63) is 0 Å². The van der Waals surface area contributed by atoms with Gasteiger partial charge in [-0.1, -0.05) is 27.7 Å². The Labute approximate surface area is 105 Å². The predicted octanol–water partition coefficient (Wildman–Crippen LogP) is 1.72. The highest BCUT2D eigenvalue weighted by Gasteiger charge is 2.24. The molecule has 1 rings (SSSR count). The van der Waals surface area contributed by atoms with Crippen LogP contribution in [-0.2, 0) is 9.47 Å². The first-order valence-corrected chi connectivity index (χ1v) is 5.95. The van der Waals surface area contributed by atoms with Gasteiger partial charge in [-0.3, -0.25) is 0 Å². The lowest BCUT2D eigenvalue weighted by Crippen LogP contribution is -2.32. The van der Waals surface area contributed by atoms with Crippen molar-refractivity contribution in [1.29, 1.82) is 0 Å². The molecule has 0 amide bonds. The molecule has 2 N–H and O–H groups in total. The van der Waals surface area contributed by atoms with E-state index in [1.54, 1.807) is 14.2 Å². The lowest BCUT2D eigenvalue weighted by Gasteiger charge is -2.22. The van der Waals surface area contributed by atoms with Crippen LogP contribution < -0.4 is 5.73 Å². The van der Waals surface area contributed by atoms with E-state index in [-0.39, 0.29) is 6.04 Å². The van der Waals surface area contributed by atoms with Crippen LogP contribution in [0.5, 0.6) is 0 Å². The van der Waals surface area contributed by atoms with Crippen LogP contribution in [0.15, 0.2) is 9.98 Å². The van der Waals surface area contributed by atoms with Crippen LogP contribution in [0.4, 0.5) is 0 Å². The van der Waals surface area contributed by atoms with Crippen molar-refractivity contribution in [2.45, 2.75) is 33.7 Å². The molecule has 5 heteroatoms. The van der Waals surface area contributed by atoms with Crippen LogP contribution in [0.1, 0.15) is 27.7 Å². The molecule has 1 aliphatic heterocycles. The monoisotopic (exact) mass is 245 g/mol. The Hall–Kier alpha value is -1.10. The molecule has 0 radical (unpaired) electrons. The number of aliphatic imine (C=N–C) groups is 2. The Morgan fingerprint density at radius 1 is 1.18 bits per heavy atom. The van der Waals surface area contributed by atoms with Gasteiger partial charge < -0.3 is 15.2 Å². The van der Waals surface area contributed by atoms with Gasteiger partial charge in [-0.05, 0) is 13.0 Å². The largest absolute Gasteiger partial charge is 0.483 e. The maximum absolute atomic E-state index is 5.15. The smallest absolute Gasteiger partial charge is 0.209 e. The maximum atomic E-state index is 5.15. The number of methoxy groups -OCH3 is 2. The van der Waals surface area contributed by atoms with Gasteiger partial charge in [-0.15, -0.1) is 0 Å². The lowest BCUT2D eigenvalue weighted by atomic mass is 10.0. The van der Waals surface area contributed by atoms with Crippen molar-refractivity contribution in [3.8, 4) is 0 Å². The van der Waals surface area contributed by atoms with Crippen molar-refractivity contribution in [2.75, 3.05) is 27.8 Å². The summed E-state index contributed by atoms with van der Waals surface area (Å²) in [6.45, 7) is 8.66. The third-order valence-electron chi connectivity index (χ3n) is 1.98. The summed E-state index contributed by atoms with van der Waals surface area (Å²) < 4.78 is 10.2. The zero-order valence-corrected chi connectivity index (χ0v) is 12.2. The summed E-state index contributed by atoms with van der Waals surface area (Å²) in [4.78, 5) is 8.63. The van der Waals surface area contributed by atoms with Gasteiger partial charge in [-0.25, -0.2) is 9.98 Å². The fraction of sp³-hybridized carbons (Fsp3) is 0.833. The van der Waals surface area contributed by atoms with E-state index >= 15 is 0 Å². The molecule has 0 saturated carbocycles. The molecule has 102 valence electrons. The van der Waals surface area contributed by atoms with E-state index < -0.39 is 0 Å². The molecule has 1 unspecified atom stereocenters. The summed E-state index contributed by atoms with van der Waals surface area (Å²) in [7, 11) is 4.74. The second kappa shape index (κ2) is 11.4. The van der Waals surface area contributed by atoms with E-state index in [1.165, 1.54) is 7.05 Å². The molecule has 0 saturated heterocycles. The highest BCUT2D eigenvalue weighted by Crippen LogP contribution is 2.13. The molecular weight excluding hydrogens is 218 g/mol. The van der Waals surface area contributed by atoms with Gasteiger partial charge in [0.15, 0.2) is 0 Å². The summed E-state index contributed by atoms with van der Waals surface area (Å²) in [5.74, 6) is 1.76. The molecule has 0 aromatic carbocycles. The number of nitrogens with zero attached hydrogens (tertiary/aromatic N) is 2. The predicted molar refractivity (Wildman–Crippen MR) is 73.8 cm³/mol. The van der Waals surface area contributed by atoms with Crippen LogP contribution in [-0.4, -0.2) is 45.6 Å². The molecule has 0 aromatic rings. The third kappa shape index (κ3) is 6.26. The van der Waals surface area contributed by atoms with Crippen molar-refractivity contribution < 1.29 is 9.47 Å². The fourth-order valence-corrected chi connectivity index (χ4v) is 1.23. The first kappa shape index (κ1) is 18.3. The van der Waals surface area contributed by atoms with Gasteiger partial charge in [0.2, 0.25) is 11.8 Å². The minimum absolute atomic E-state index is 0.00806. The van der Waals surface area contributed by atoms with E-state index in [2.05, 4.69) is 29.6 Å². The zero-order chi connectivity index (χ0) is 13.8. The average molecular weight is 245 g/mol. The number of hydrogen-bond donors (Lipinski definition) is 1. The van der Waals surface area contributed by atoms with Crippen molar-refractivity contribution in [3.63, 3.8) is 0 Å². The summed E-state index contributed by atoms with van der Waals surface area (Å²) in [6.07, 6.45) is 0. The highest BCUT2D eigenvalue weighted by atomic mass is 16.5.